The fourth-order valence-electron chi connectivity index (χ4n) is 2.05. The third-order valence-electron chi connectivity index (χ3n) is 3.15. The van der Waals surface area contributed by atoms with Crippen LogP contribution in [0.15, 0.2) is 42.7 Å². The number of nitrogens with zero attached hydrogens (tertiary/aromatic N) is 1. The van der Waals surface area contributed by atoms with E-state index in [2.05, 4.69) is 10.3 Å². The second kappa shape index (κ2) is 6.64. The lowest BCUT2D eigenvalue weighted by Gasteiger charge is -2.17. The van der Waals surface area contributed by atoms with Gasteiger partial charge in [0.25, 0.3) is 0 Å². The van der Waals surface area contributed by atoms with Crippen molar-refractivity contribution < 1.29 is 4.39 Å². The summed E-state index contributed by atoms with van der Waals surface area (Å²) in [5.74, 6) is -0.248. The first kappa shape index (κ1) is 14.0. The summed E-state index contributed by atoms with van der Waals surface area (Å²) in [5, 5.41) is 3.69. The second-order valence-corrected chi connectivity index (χ2v) is 4.86. The minimum atomic E-state index is -0.248. The van der Waals surface area contributed by atoms with E-state index in [1.807, 2.05) is 19.2 Å². The zero-order valence-electron chi connectivity index (χ0n) is 10.7. The normalized spacial score (nSPS) is 12.4. The highest BCUT2D eigenvalue weighted by atomic mass is 35.5. The highest BCUT2D eigenvalue weighted by molar-refractivity contribution is 6.31. The van der Waals surface area contributed by atoms with Gasteiger partial charge in [0, 0.05) is 29.0 Å². The van der Waals surface area contributed by atoms with Crippen molar-refractivity contribution in [1.29, 1.82) is 0 Å². The molecule has 1 heterocycles. The number of likely N-dealkylation sites (N-methyl/N-ethyl adjacent to an activating group) is 1. The van der Waals surface area contributed by atoms with Crippen molar-refractivity contribution >= 4 is 11.6 Å². The Bertz CT molecular complexity index is 511. The SMILES string of the molecule is CNC(Cc1ccncc1)Cc1c(F)cccc1Cl. The molecular formula is C15H16ClFN2. The van der Waals surface area contributed by atoms with Gasteiger partial charge >= 0.3 is 0 Å². The van der Waals surface area contributed by atoms with Gasteiger partial charge in [0.05, 0.1) is 0 Å². The second-order valence-electron chi connectivity index (χ2n) is 4.45. The molecule has 2 rings (SSSR count). The summed E-state index contributed by atoms with van der Waals surface area (Å²) in [5.41, 5.74) is 1.74. The van der Waals surface area contributed by atoms with Crippen LogP contribution in [0.1, 0.15) is 11.1 Å². The summed E-state index contributed by atoms with van der Waals surface area (Å²) in [4.78, 5) is 3.99. The van der Waals surface area contributed by atoms with Crippen molar-refractivity contribution in [3.63, 3.8) is 0 Å². The molecule has 0 aliphatic carbocycles. The summed E-state index contributed by atoms with van der Waals surface area (Å²) in [7, 11) is 1.88. The molecule has 0 aliphatic heterocycles. The molecule has 100 valence electrons. The van der Waals surface area contributed by atoms with Gasteiger partial charge in [-0.1, -0.05) is 17.7 Å². The lowest BCUT2D eigenvalue weighted by Crippen LogP contribution is -2.30. The minimum Gasteiger partial charge on any atom is -0.316 e. The standard InChI is InChI=1S/C15H16ClFN2/c1-18-12(9-11-5-7-19-8-6-11)10-13-14(16)3-2-4-15(13)17/h2-8,12,18H,9-10H2,1H3. The molecule has 1 aromatic carbocycles. The topological polar surface area (TPSA) is 24.9 Å². The molecular weight excluding hydrogens is 263 g/mol. The van der Waals surface area contributed by atoms with Gasteiger partial charge in [-0.25, -0.2) is 4.39 Å². The maximum atomic E-state index is 13.8. The number of aromatic nitrogens is 1. The van der Waals surface area contributed by atoms with Crippen LogP contribution in [-0.2, 0) is 12.8 Å². The maximum Gasteiger partial charge on any atom is 0.127 e. The van der Waals surface area contributed by atoms with E-state index in [9.17, 15) is 4.39 Å². The van der Waals surface area contributed by atoms with Gasteiger partial charge in [-0.15, -0.1) is 0 Å². The van der Waals surface area contributed by atoms with Crippen LogP contribution < -0.4 is 5.32 Å². The van der Waals surface area contributed by atoms with Gasteiger partial charge in [-0.3, -0.25) is 4.98 Å². The van der Waals surface area contributed by atoms with Gasteiger partial charge < -0.3 is 5.32 Å². The van der Waals surface area contributed by atoms with Crippen molar-refractivity contribution in [2.75, 3.05) is 7.05 Å². The first-order valence-corrected chi connectivity index (χ1v) is 6.57. The molecule has 1 unspecified atom stereocenters. The third kappa shape index (κ3) is 3.75. The summed E-state index contributed by atoms with van der Waals surface area (Å²) in [6, 6.07) is 8.86. The summed E-state index contributed by atoms with van der Waals surface area (Å²) in [6.45, 7) is 0. The Morgan fingerprint density at radius 3 is 2.58 bits per heavy atom. The Morgan fingerprint density at radius 1 is 1.21 bits per heavy atom. The number of halogens is 2. The molecule has 4 heteroatoms. The molecule has 0 saturated heterocycles. The Morgan fingerprint density at radius 2 is 1.95 bits per heavy atom. The van der Waals surface area contributed by atoms with Gasteiger partial charge in [0.1, 0.15) is 5.82 Å². The van der Waals surface area contributed by atoms with Crippen molar-refractivity contribution in [2.24, 2.45) is 0 Å². The molecule has 2 aromatic rings. The maximum absolute atomic E-state index is 13.8. The fourth-order valence-corrected chi connectivity index (χ4v) is 2.29. The zero-order chi connectivity index (χ0) is 13.7. The van der Waals surface area contributed by atoms with Crippen LogP contribution in [0.3, 0.4) is 0 Å². The predicted molar refractivity (Wildman–Crippen MR) is 75.9 cm³/mol. The van der Waals surface area contributed by atoms with E-state index < -0.39 is 0 Å². The Hall–Kier alpha value is -1.45. The van der Waals surface area contributed by atoms with Crippen LogP contribution in [0, 0.1) is 5.82 Å². The Balaban J connectivity index is 2.11. The summed E-state index contributed by atoms with van der Waals surface area (Å²) in [6.07, 6.45) is 4.89. The minimum absolute atomic E-state index is 0.136. The van der Waals surface area contributed by atoms with Gasteiger partial charge in [-0.2, -0.15) is 0 Å². The van der Waals surface area contributed by atoms with Crippen molar-refractivity contribution in [2.45, 2.75) is 18.9 Å². The van der Waals surface area contributed by atoms with Crippen LogP contribution in [0.5, 0.6) is 0 Å². The van der Waals surface area contributed by atoms with Crippen LogP contribution in [0.25, 0.3) is 0 Å². The largest absolute Gasteiger partial charge is 0.316 e. The molecule has 0 bridgehead atoms. The van der Waals surface area contributed by atoms with E-state index in [0.29, 0.717) is 17.0 Å². The van der Waals surface area contributed by atoms with Crippen molar-refractivity contribution in [3.8, 4) is 0 Å². The number of hydrogen-bond acceptors (Lipinski definition) is 2. The van der Waals surface area contributed by atoms with E-state index in [4.69, 9.17) is 11.6 Å². The zero-order valence-corrected chi connectivity index (χ0v) is 11.5. The monoisotopic (exact) mass is 278 g/mol. The molecule has 1 aromatic heterocycles. The highest BCUT2D eigenvalue weighted by Gasteiger charge is 2.14. The number of pyridine rings is 1. The Kier molecular flexibility index (Phi) is 4.88. The smallest absolute Gasteiger partial charge is 0.127 e. The number of rotatable bonds is 5. The van der Waals surface area contributed by atoms with Gasteiger partial charge in [-0.05, 0) is 49.7 Å². The van der Waals surface area contributed by atoms with Crippen LogP contribution in [-0.4, -0.2) is 18.1 Å². The molecule has 0 fully saturated rings. The predicted octanol–water partition coefficient (Wildman–Crippen LogP) is 3.25. The quantitative estimate of drug-likeness (QED) is 0.908. The fraction of sp³-hybridized carbons (Fsp3) is 0.267. The highest BCUT2D eigenvalue weighted by Crippen LogP contribution is 2.21. The number of nitrogens with one attached hydrogen (secondary N) is 1. The van der Waals surface area contributed by atoms with Crippen LogP contribution >= 0.6 is 11.6 Å². The van der Waals surface area contributed by atoms with Crippen LogP contribution in [0.4, 0.5) is 4.39 Å². The summed E-state index contributed by atoms with van der Waals surface area (Å²) >= 11 is 6.06. The first-order valence-electron chi connectivity index (χ1n) is 6.19. The molecule has 2 nitrogen and oxygen atoms in total. The molecule has 0 saturated carbocycles. The van der Waals surface area contributed by atoms with Crippen molar-refractivity contribution in [1.82, 2.24) is 10.3 Å². The molecule has 1 N–H and O–H groups in total. The molecule has 0 radical (unpaired) electrons. The molecule has 0 aliphatic rings. The number of hydrogen-bond donors (Lipinski definition) is 1. The van der Waals surface area contributed by atoms with E-state index in [-0.39, 0.29) is 11.9 Å². The van der Waals surface area contributed by atoms with E-state index >= 15 is 0 Å². The van der Waals surface area contributed by atoms with Gasteiger partial charge in [0.15, 0.2) is 0 Å². The lowest BCUT2D eigenvalue weighted by molar-refractivity contribution is 0.532. The Labute approximate surface area is 117 Å². The average Bonchev–Trinajstić information content (AvgIpc) is 2.43. The van der Waals surface area contributed by atoms with Crippen LogP contribution in [0.2, 0.25) is 5.02 Å². The molecule has 19 heavy (non-hydrogen) atoms. The molecule has 0 spiro atoms. The third-order valence-corrected chi connectivity index (χ3v) is 3.51. The molecule has 0 amide bonds. The summed E-state index contributed by atoms with van der Waals surface area (Å²) < 4.78 is 13.8. The van der Waals surface area contributed by atoms with E-state index in [1.54, 1.807) is 24.5 Å². The van der Waals surface area contributed by atoms with E-state index in [0.717, 1.165) is 6.42 Å². The van der Waals surface area contributed by atoms with E-state index in [1.165, 1.54) is 11.6 Å². The first-order chi connectivity index (χ1) is 9.20. The average molecular weight is 279 g/mol. The lowest BCUT2D eigenvalue weighted by atomic mass is 9.99. The number of benzene rings is 1. The molecule has 1 atom stereocenters. The van der Waals surface area contributed by atoms with Crippen molar-refractivity contribution in [3.05, 3.63) is 64.7 Å². The van der Waals surface area contributed by atoms with Gasteiger partial charge in [0.2, 0.25) is 0 Å².